The monoisotopic (exact) mass is 265 g/mol. The average molecular weight is 266 g/mol. The molecule has 0 bridgehead atoms. The summed E-state index contributed by atoms with van der Waals surface area (Å²) >= 11 is 2.78. The highest BCUT2D eigenvalue weighted by atomic mass is 79.9. The number of hydrogen-bond acceptors (Lipinski definition) is 2. The maximum absolute atomic E-state index is 13.3. The Morgan fingerprint density at radius 1 is 1.43 bits per heavy atom. The molecule has 1 atom stereocenters. The van der Waals surface area contributed by atoms with E-state index in [1.807, 2.05) is 0 Å². The number of aliphatic hydroxyl groups excluding tert-OH is 1. The van der Waals surface area contributed by atoms with E-state index in [-0.39, 0.29) is 23.0 Å². The summed E-state index contributed by atoms with van der Waals surface area (Å²) in [5.74, 6) is -1.34. The van der Waals surface area contributed by atoms with Gasteiger partial charge in [0.05, 0.1) is 10.6 Å². The Balaban J connectivity index is 2.94. The molecule has 0 spiro atoms. The van der Waals surface area contributed by atoms with Gasteiger partial charge in [-0.25, -0.2) is 8.78 Å². The quantitative estimate of drug-likeness (QED) is 0.816. The third-order valence-electron chi connectivity index (χ3n) is 1.84. The first-order chi connectivity index (χ1) is 6.56. The average Bonchev–Trinajstić information content (AvgIpc) is 2.19. The van der Waals surface area contributed by atoms with E-state index in [1.54, 1.807) is 0 Å². The summed E-state index contributed by atoms with van der Waals surface area (Å²) in [4.78, 5) is 0. The fraction of sp³-hybridized carbons (Fsp3) is 0.333. The lowest BCUT2D eigenvalue weighted by Gasteiger charge is -2.09. The molecule has 0 fully saturated rings. The van der Waals surface area contributed by atoms with Crippen LogP contribution in [-0.4, -0.2) is 17.8 Å². The van der Waals surface area contributed by atoms with E-state index >= 15 is 0 Å². The summed E-state index contributed by atoms with van der Waals surface area (Å²) < 4.78 is 25.9. The Bertz CT molecular complexity index is 333. The minimum absolute atomic E-state index is 0.0500. The van der Waals surface area contributed by atoms with Crippen molar-refractivity contribution in [3.05, 3.63) is 33.8 Å². The number of nitrogens with two attached hydrogens (primary N) is 1. The van der Waals surface area contributed by atoms with Crippen LogP contribution in [0.5, 0.6) is 0 Å². The van der Waals surface area contributed by atoms with Crippen molar-refractivity contribution in [2.75, 3.05) is 6.54 Å². The standard InChI is InChI=1S/C9H10BrF2NO/c10-8-7(11)2-1-5(9(8)12)3-6(14)4-13/h1-2,6,14H,3-4,13H2. The Kier molecular flexibility index (Phi) is 3.97. The van der Waals surface area contributed by atoms with Crippen molar-refractivity contribution in [2.24, 2.45) is 5.73 Å². The second-order valence-corrected chi connectivity index (χ2v) is 3.72. The van der Waals surface area contributed by atoms with Crippen LogP contribution in [0.25, 0.3) is 0 Å². The van der Waals surface area contributed by atoms with Gasteiger partial charge >= 0.3 is 0 Å². The van der Waals surface area contributed by atoms with E-state index in [2.05, 4.69) is 15.9 Å². The van der Waals surface area contributed by atoms with Gasteiger partial charge in [-0.2, -0.15) is 0 Å². The Labute approximate surface area is 88.9 Å². The topological polar surface area (TPSA) is 46.2 Å². The molecule has 1 aromatic rings. The molecular formula is C9H10BrF2NO. The highest BCUT2D eigenvalue weighted by Gasteiger charge is 2.13. The van der Waals surface area contributed by atoms with Crippen molar-refractivity contribution in [1.82, 2.24) is 0 Å². The molecule has 1 aromatic carbocycles. The molecule has 0 heterocycles. The van der Waals surface area contributed by atoms with Gasteiger partial charge in [0.1, 0.15) is 11.6 Å². The summed E-state index contributed by atoms with van der Waals surface area (Å²) in [6, 6.07) is 2.44. The Morgan fingerprint density at radius 3 is 2.64 bits per heavy atom. The molecule has 0 saturated heterocycles. The smallest absolute Gasteiger partial charge is 0.143 e. The first kappa shape index (κ1) is 11.6. The highest BCUT2D eigenvalue weighted by Crippen LogP contribution is 2.23. The van der Waals surface area contributed by atoms with Crippen LogP contribution in [0.2, 0.25) is 0 Å². The van der Waals surface area contributed by atoms with E-state index in [9.17, 15) is 13.9 Å². The number of hydrogen-bond donors (Lipinski definition) is 2. The number of aliphatic hydroxyl groups is 1. The van der Waals surface area contributed by atoms with Gasteiger partial charge < -0.3 is 10.8 Å². The number of benzene rings is 1. The maximum Gasteiger partial charge on any atom is 0.143 e. The van der Waals surface area contributed by atoms with E-state index in [1.165, 1.54) is 6.07 Å². The molecule has 0 aliphatic carbocycles. The van der Waals surface area contributed by atoms with E-state index in [4.69, 9.17) is 5.73 Å². The Morgan fingerprint density at radius 2 is 2.07 bits per heavy atom. The van der Waals surface area contributed by atoms with Gasteiger partial charge in [-0.3, -0.25) is 0 Å². The van der Waals surface area contributed by atoms with Gasteiger partial charge in [-0.15, -0.1) is 0 Å². The van der Waals surface area contributed by atoms with Crippen molar-refractivity contribution < 1.29 is 13.9 Å². The largest absolute Gasteiger partial charge is 0.391 e. The molecule has 0 saturated carbocycles. The summed E-state index contributed by atoms with van der Waals surface area (Å²) in [5.41, 5.74) is 5.43. The number of rotatable bonds is 3. The summed E-state index contributed by atoms with van der Waals surface area (Å²) in [6.45, 7) is 0.0500. The predicted molar refractivity (Wildman–Crippen MR) is 52.8 cm³/mol. The molecule has 5 heteroatoms. The van der Waals surface area contributed by atoms with E-state index in [0.29, 0.717) is 0 Å². The summed E-state index contributed by atoms with van der Waals surface area (Å²) in [5, 5.41) is 9.20. The lowest BCUT2D eigenvalue weighted by atomic mass is 10.1. The lowest BCUT2D eigenvalue weighted by Crippen LogP contribution is -2.22. The third kappa shape index (κ3) is 2.50. The van der Waals surface area contributed by atoms with Crippen molar-refractivity contribution in [3.8, 4) is 0 Å². The SMILES string of the molecule is NCC(O)Cc1ccc(F)c(Br)c1F. The molecule has 78 valence electrons. The zero-order valence-corrected chi connectivity index (χ0v) is 8.89. The van der Waals surface area contributed by atoms with Crippen LogP contribution in [0.1, 0.15) is 5.56 Å². The van der Waals surface area contributed by atoms with Crippen molar-refractivity contribution in [1.29, 1.82) is 0 Å². The molecule has 1 rings (SSSR count). The van der Waals surface area contributed by atoms with Crippen molar-refractivity contribution in [3.63, 3.8) is 0 Å². The van der Waals surface area contributed by atoms with E-state index < -0.39 is 17.7 Å². The number of halogens is 3. The fourth-order valence-electron chi connectivity index (χ4n) is 1.06. The van der Waals surface area contributed by atoms with Crippen molar-refractivity contribution in [2.45, 2.75) is 12.5 Å². The summed E-state index contributed by atoms with van der Waals surface area (Å²) in [7, 11) is 0. The van der Waals surface area contributed by atoms with Crippen LogP contribution in [0.15, 0.2) is 16.6 Å². The molecule has 0 aliphatic rings. The molecule has 0 aromatic heterocycles. The molecule has 3 N–H and O–H groups in total. The van der Waals surface area contributed by atoms with Crippen LogP contribution < -0.4 is 5.73 Å². The van der Waals surface area contributed by atoms with Gasteiger partial charge in [0.15, 0.2) is 0 Å². The minimum Gasteiger partial charge on any atom is -0.391 e. The van der Waals surface area contributed by atoms with Gasteiger partial charge in [0.25, 0.3) is 0 Å². The molecule has 0 aliphatic heterocycles. The van der Waals surface area contributed by atoms with Gasteiger partial charge in [0.2, 0.25) is 0 Å². The second-order valence-electron chi connectivity index (χ2n) is 2.93. The van der Waals surface area contributed by atoms with Crippen LogP contribution >= 0.6 is 15.9 Å². The first-order valence-corrected chi connectivity index (χ1v) is 4.86. The van der Waals surface area contributed by atoms with Crippen LogP contribution in [0.3, 0.4) is 0 Å². The van der Waals surface area contributed by atoms with E-state index in [0.717, 1.165) is 6.07 Å². The van der Waals surface area contributed by atoms with Crippen molar-refractivity contribution >= 4 is 15.9 Å². The molecule has 0 amide bonds. The molecule has 14 heavy (non-hydrogen) atoms. The molecular weight excluding hydrogens is 256 g/mol. The Hall–Kier alpha value is -0.520. The first-order valence-electron chi connectivity index (χ1n) is 4.06. The lowest BCUT2D eigenvalue weighted by molar-refractivity contribution is 0.182. The minimum atomic E-state index is -0.804. The molecule has 0 radical (unpaired) electrons. The third-order valence-corrected chi connectivity index (χ3v) is 2.57. The van der Waals surface area contributed by atoms with Gasteiger partial charge in [-0.05, 0) is 27.6 Å². The molecule has 2 nitrogen and oxygen atoms in total. The second kappa shape index (κ2) is 4.82. The van der Waals surface area contributed by atoms with Crippen LogP contribution in [0.4, 0.5) is 8.78 Å². The normalized spacial score (nSPS) is 12.9. The zero-order valence-electron chi connectivity index (χ0n) is 7.30. The maximum atomic E-state index is 13.3. The predicted octanol–water partition coefficient (Wildman–Crippen LogP) is 1.59. The van der Waals surface area contributed by atoms with Crippen LogP contribution in [0, 0.1) is 11.6 Å². The van der Waals surface area contributed by atoms with Gasteiger partial charge in [-0.1, -0.05) is 6.07 Å². The molecule has 1 unspecified atom stereocenters. The van der Waals surface area contributed by atoms with Gasteiger partial charge in [0, 0.05) is 13.0 Å². The fourth-order valence-corrected chi connectivity index (χ4v) is 1.45. The van der Waals surface area contributed by atoms with Crippen LogP contribution in [-0.2, 0) is 6.42 Å². The zero-order chi connectivity index (χ0) is 10.7. The highest BCUT2D eigenvalue weighted by molar-refractivity contribution is 9.10. The summed E-state index contributed by atoms with van der Waals surface area (Å²) in [6.07, 6.45) is -0.719.